The molecule has 196 valence electrons. The zero-order valence-electron chi connectivity index (χ0n) is 22.3. The van der Waals surface area contributed by atoms with Crippen molar-refractivity contribution >= 4 is 41.0 Å². The topological polar surface area (TPSA) is 68.9 Å². The molecule has 0 aromatic carbocycles. The summed E-state index contributed by atoms with van der Waals surface area (Å²) in [5.74, 6) is 0. The first kappa shape index (κ1) is 28.0. The average molecular weight is 570 g/mol. The van der Waals surface area contributed by atoms with Crippen molar-refractivity contribution in [2.24, 2.45) is 7.05 Å². The molecule has 3 rings (SSSR count). The van der Waals surface area contributed by atoms with Crippen LogP contribution < -0.4 is 5.56 Å². The lowest BCUT2D eigenvalue weighted by Gasteiger charge is -2.26. The Kier molecular flexibility index (Phi) is 8.94. The third-order valence-corrected chi connectivity index (χ3v) is 8.39. The molecule has 0 radical (unpaired) electrons. The minimum absolute atomic E-state index is 0.0164. The summed E-state index contributed by atoms with van der Waals surface area (Å²) in [6.45, 7) is 17.4. The predicted octanol–water partition coefficient (Wildman–Crippen LogP) is 4.86. The van der Waals surface area contributed by atoms with Crippen LogP contribution in [0.5, 0.6) is 0 Å². The highest BCUT2D eigenvalue weighted by Crippen LogP contribution is 2.26. The highest BCUT2D eigenvalue weighted by molar-refractivity contribution is 9.10. The Labute approximate surface area is 218 Å². The number of fused-ring (bicyclic) bond motifs is 1. The van der Waals surface area contributed by atoms with E-state index >= 15 is 0 Å². The lowest BCUT2D eigenvalue weighted by Crippen LogP contribution is -2.39. The SMILES string of the molecule is Cn1cc(Br)c2c(cc(CN3CCCN(C(=O)OC(C)(C)C)CC3)n2COCC[Si](C)(C)C)c1=O. The van der Waals surface area contributed by atoms with Crippen LogP contribution in [0.1, 0.15) is 32.9 Å². The number of ether oxygens (including phenoxy) is 2. The zero-order valence-corrected chi connectivity index (χ0v) is 24.9. The number of nitrogens with zero attached hydrogens (tertiary/aromatic N) is 4. The standard InChI is InChI=1S/C25H41BrN4O4Si/c1-25(2,3)34-24(32)29-10-8-9-28(11-12-29)16-19-15-20-22(21(26)17-27(4)23(20)31)30(19)18-33-13-14-35(5,6)7/h15,17H,8-14,16,18H2,1-7H3. The Balaban J connectivity index is 1.79. The van der Waals surface area contributed by atoms with E-state index in [-0.39, 0.29) is 11.7 Å². The Morgan fingerprint density at radius 2 is 1.86 bits per heavy atom. The normalized spacial score (nSPS) is 16.1. The number of carbonyl (C=O) groups excluding carboxylic acids is 1. The van der Waals surface area contributed by atoms with E-state index in [0.29, 0.717) is 38.4 Å². The molecule has 1 amide bonds. The molecule has 10 heteroatoms. The molecule has 0 unspecified atom stereocenters. The van der Waals surface area contributed by atoms with Crippen molar-refractivity contribution in [3.05, 3.63) is 32.8 Å². The van der Waals surface area contributed by atoms with Crippen LogP contribution in [0.3, 0.4) is 0 Å². The molecule has 1 saturated heterocycles. The van der Waals surface area contributed by atoms with Gasteiger partial charge in [-0.25, -0.2) is 4.79 Å². The first-order valence-corrected chi connectivity index (χ1v) is 16.9. The summed E-state index contributed by atoms with van der Waals surface area (Å²) in [7, 11) is 0.579. The largest absolute Gasteiger partial charge is 0.444 e. The van der Waals surface area contributed by atoms with Crippen LogP contribution in [-0.4, -0.2) is 71.5 Å². The van der Waals surface area contributed by atoms with Gasteiger partial charge in [-0.05, 0) is 55.2 Å². The summed E-state index contributed by atoms with van der Waals surface area (Å²) < 4.78 is 16.3. The van der Waals surface area contributed by atoms with E-state index in [1.165, 1.54) is 0 Å². The molecule has 2 aromatic rings. The number of carbonyl (C=O) groups is 1. The van der Waals surface area contributed by atoms with Crippen LogP contribution in [0.2, 0.25) is 25.7 Å². The smallest absolute Gasteiger partial charge is 0.410 e. The second-order valence-electron chi connectivity index (χ2n) is 11.7. The van der Waals surface area contributed by atoms with Crippen molar-refractivity contribution in [2.75, 3.05) is 32.8 Å². The molecule has 1 fully saturated rings. The van der Waals surface area contributed by atoms with E-state index in [9.17, 15) is 9.59 Å². The third kappa shape index (κ3) is 7.68. The van der Waals surface area contributed by atoms with E-state index in [4.69, 9.17) is 9.47 Å². The summed E-state index contributed by atoms with van der Waals surface area (Å²) >= 11 is 3.67. The maximum absolute atomic E-state index is 12.9. The van der Waals surface area contributed by atoms with Gasteiger partial charge in [0, 0.05) is 66.3 Å². The number of rotatable bonds is 7. The Bertz CT molecular complexity index is 1100. The second kappa shape index (κ2) is 11.2. The van der Waals surface area contributed by atoms with Gasteiger partial charge in [-0.1, -0.05) is 19.6 Å². The zero-order chi connectivity index (χ0) is 26.0. The van der Waals surface area contributed by atoms with Crippen LogP contribution in [-0.2, 0) is 29.8 Å². The molecule has 0 atom stereocenters. The first-order chi connectivity index (χ1) is 16.2. The van der Waals surface area contributed by atoms with Crippen LogP contribution in [0.15, 0.2) is 21.5 Å². The fraction of sp³-hybridized carbons (Fsp3) is 0.680. The van der Waals surface area contributed by atoms with Crippen molar-refractivity contribution in [3.63, 3.8) is 0 Å². The van der Waals surface area contributed by atoms with Crippen LogP contribution in [0, 0.1) is 0 Å². The Hall–Kier alpha value is -1.62. The minimum Gasteiger partial charge on any atom is -0.444 e. The van der Waals surface area contributed by atoms with Crippen molar-refractivity contribution < 1.29 is 14.3 Å². The lowest BCUT2D eigenvalue weighted by molar-refractivity contribution is 0.0257. The van der Waals surface area contributed by atoms with Gasteiger partial charge in [0.1, 0.15) is 12.3 Å². The number of hydrogen-bond acceptors (Lipinski definition) is 5. The van der Waals surface area contributed by atoms with E-state index in [1.54, 1.807) is 16.5 Å². The predicted molar refractivity (Wildman–Crippen MR) is 147 cm³/mol. The molecule has 35 heavy (non-hydrogen) atoms. The molecule has 1 aliphatic heterocycles. The van der Waals surface area contributed by atoms with Crippen molar-refractivity contribution in [3.8, 4) is 0 Å². The summed E-state index contributed by atoms with van der Waals surface area (Å²) in [4.78, 5) is 29.6. The van der Waals surface area contributed by atoms with Gasteiger partial charge in [0.2, 0.25) is 0 Å². The monoisotopic (exact) mass is 568 g/mol. The number of hydrogen-bond donors (Lipinski definition) is 0. The van der Waals surface area contributed by atoms with Crippen LogP contribution >= 0.6 is 15.9 Å². The molecule has 0 aliphatic carbocycles. The molecule has 0 spiro atoms. The van der Waals surface area contributed by atoms with Crippen LogP contribution in [0.4, 0.5) is 4.79 Å². The molecule has 2 aromatic heterocycles. The molecule has 1 aliphatic rings. The fourth-order valence-electron chi connectivity index (χ4n) is 4.18. The van der Waals surface area contributed by atoms with E-state index in [2.05, 4.69) is 45.0 Å². The number of aryl methyl sites for hydroxylation is 1. The van der Waals surface area contributed by atoms with Gasteiger partial charge in [-0.3, -0.25) is 9.69 Å². The third-order valence-electron chi connectivity index (χ3n) is 6.11. The van der Waals surface area contributed by atoms with Crippen LogP contribution in [0.25, 0.3) is 10.9 Å². The van der Waals surface area contributed by atoms with Crippen molar-refractivity contribution in [1.29, 1.82) is 0 Å². The molecule has 8 nitrogen and oxygen atoms in total. The summed E-state index contributed by atoms with van der Waals surface area (Å²) in [6.07, 6.45) is 2.44. The highest BCUT2D eigenvalue weighted by atomic mass is 79.9. The maximum Gasteiger partial charge on any atom is 0.410 e. The Morgan fingerprint density at radius 3 is 2.51 bits per heavy atom. The number of pyridine rings is 1. The molecular weight excluding hydrogens is 528 g/mol. The van der Waals surface area contributed by atoms with E-state index in [1.807, 2.05) is 33.0 Å². The quantitative estimate of drug-likeness (QED) is 0.352. The molecule has 0 N–H and O–H groups in total. The molecule has 0 bridgehead atoms. The minimum atomic E-state index is -1.19. The highest BCUT2D eigenvalue weighted by Gasteiger charge is 2.25. The number of halogens is 1. The summed E-state index contributed by atoms with van der Waals surface area (Å²) in [5, 5.41) is 0.691. The van der Waals surface area contributed by atoms with Gasteiger partial charge in [-0.2, -0.15) is 0 Å². The maximum atomic E-state index is 12.9. The summed E-state index contributed by atoms with van der Waals surface area (Å²) in [6, 6.07) is 3.10. The summed E-state index contributed by atoms with van der Waals surface area (Å²) in [5.41, 5.74) is 1.40. The van der Waals surface area contributed by atoms with Gasteiger partial charge in [0.15, 0.2) is 0 Å². The van der Waals surface area contributed by atoms with E-state index in [0.717, 1.165) is 41.2 Å². The fourth-order valence-corrected chi connectivity index (χ4v) is 5.67. The number of aromatic nitrogens is 2. The van der Waals surface area contributed by atoms with Crippen molar-refractivity contribution in [2.45, 2.75) is 71.8 Å². The van der Waals surface area contributed by atoms with Gasteiger partial charge in [-0.15, -0.1) is 0 Å². The average Bonchev–Trinajstić information content (AvgIpc) is 2.91. The molecular formula is C25H41BrN4O4Si. The van der Waals surface area contributed by atoms with Gasteiger partial charge >= 0.3 is 6.09 Å². The lowest BCUT2D eigenvalue weighted by atomic mass is 10.2. The van der Waals surface area contributed by atoms with Crippen molar-refractivity contribution in [1.82, 2.24) is 18.9 Å². The van der Waals surface area contributed by atoms with Gasteiger partial charge < -0.3 is 23.5 Å². The number of amides is 1. The second-order valence-corrected chi connectivity index (χ2v) is 18.1. The van der Waals surface area contributed by atoms with Gasteiger partial charge in [0.05, 0.1) is 15.4 Å². The van der Waals surface area contributed by atoms with Gasteiger partial charge in [0.25, 0.3) is 5.56 Å². The molecule has 0 saturated carbocycles. The Morgan fingerprint density at radius 1 is 1.14 bits per heavy atom. The first-order valence-electron chi connectivity index (χ1n) is 12.4. The van der Waals surface area contributed by atoms with E-state index < -0.39 is 13.7 Å². The molecule has 3 heterocycles.